The van der Waals surface area contributed by atoms with E-state index in [0.717, 1.165) is 28.8 Å². The number of rotatable bonds is 8. The standard InChI is InChI=1S/C17H19F3N4O3S2/c1-10(29-16-23-22-14(27-16)9-28-3)15(26)24(2)8-13(25)21-12-7-5-4-6-11(12)17(18,19)20/h4-7,10H,8-9H2,1-3H3,(H,21,25)/t10-/m1/s1. The number of thioether (sulfide) groups is 2. The van der Waals surface area contributed by atoms with E-state index >= 15 is 0 Å². The minimum atomic E-state index is -4.60. The van der Waals surface area contributed by atoms with Crippen molar-refractivity contribution >= 4 is 41.0 Å². The summed E-state index contributed by atoms with van der Waals surface area (Å²) >= 11 is 2.55. The van der Waals surface area contributed by atoms with Crippen LogP contribution in [0.3, 0.4) is 0 Å². The molecule has 2 rings (SSSR count). The zero-order valence-electron chi connectivity index (χ0n) is 15.8. The molecule has 0 aliphatic heterocycles. The second-order valence-electron chi connectivity index (χ2n) is 5.94. The van der Waals surface area contributed by atoms with Gasteiger partial charge in [-0.15, -0.1) is 10.2 Å². The minimum absolute atomic E-state index is 0.229. The Labute approximate surface area is 173 Å². The number of carbonyl (C=O) groups excluding carboxylic acids is 2. The highest BCUT2D eigenvalue weighted by Gasteiger charge is 2.33. The molecule has 1 aromatic heterocycles. The van der Waals surface area contributed by atoms with Gasteiger partial charge in [0.2, 0.25) is 17.7 Å². The van der Waals surface area contributed by atoms with Crippen LogP contribution in [0.25, 0.3) is 0 Å². The van der Waals surface area contributed by atoms with E-state index in [1.165, 1.54) is 30.9 Å². The third-order valence-corrected chi connectivity index (χ3v) is 5.06. The molecule has 7 nitrogen and oxygen atoms in total. The quantitative estimate of drug-likeness (QED) is 0.618. The molecular weight excluding hydrogens is 429 g/mol. The number of aromatic nitrogens is 2. The van der Waals surface area contributed by atoms with Crippen molar-refractivity contribution in [3.8, 4) is 0 Å². The Kier molecular flexibility index (Phi) is 7.96. The number of alkyl halides is 3. The lowest BCUT2D eigenvalue weighted by atomic mass is 10.1. The lowest BCUT2D eigenvalue weighted by Gasteiger charge is -2.20. The van der Waals surface area contributed by atoms with Gasteiger partial charge in [0.1, 0.15) is 0 Å². The largest absolute Gasteiger partial charge is 0.418 e. The highest BCUT2D eigenvalue weighted by atomic mass is 32.2. The maximum Gasteiger partial charge on any atom is 0.418 e. The van der Waals surface area contributed by atoms with Crippen molar-refractivity contribution in [3.63, 3.8) is 0 Å². The van der Waals surface area contributed by atoms with Crippen LogP contribution in [0.15, 0.2) is 33.9 Å². The van der Waals surface area contributed by atoms with Crippen molar-refractivity contribution in [2.24, 2.45) is 0 Å². The van der Waals surface area contributed by atoms with Crippen LogP contribution in [-0.4, -0.2) is 52.0 Å². The van der Waals surface area contributed by atoms with E-state index in [1.807, 2.05) is 6.26 Å². The van der Waals surface area contributed by atoms with Gasteiger partial charge in [-0.2, -0.15) is 24.9 Å². The third-order valence-electron chi connectivity index (χ3n) is 3.61. The number of nitrogens with one attached hydrogen (secondary N) is 1. The van der Waals surface area contributed by atoms with Gasteiger partial charge in [-0.1, -0.05) is 23.9 Å². The number of halogens is 3. The number of carbonyl (C=O) groups is 2. The fourth-order valence-corrected chi connectivity index (χ4v) is 3.48. The number of hydrogen-bond acceptors (Lipinski definition) is 7. The van der Waals surface area contributed by atoms with Crippen molar-refractivity contribution in [1.29, 1.82) is 0 Å². The summed E-state index contributed by atoms with van der Waals surface area (Å²) < 4.78 is 44.4. The molecule has 0 fully saturated rings. The summed E-state index contributed by atoms with van der Waals surface area (Å²) in [4.78, 5) is 25.7. The molecule has 1 heterocycles. The molecular formula is C17H19F3N4O3S2. The molecule has 1 N–H and O–H groups in total. The van der Waals surface area contributed by atoms with Gasteiger partial charge in [-0.05, 0) is 25.3 Å². The first-order valence-electron chi connectivity index (χ1n) is 8.30. The van der Waals surface area contributed by atoms with Crippen molar-refractivity contribution in [2.45, 2.75) is 29.3 Å². The van der Waals surface area contributed by atoms with Crippen LogP contribution in [0, 0.1) is 0 Å². The third kappa shape index (κ3) is 6.67. The molecule has 0 aliphatic carbocycles. The lowest BCUT2D eigenvalue weighted by molar-refractivity contribution is -0.137. The second kappa shape index (κ2) is 10.0. The Morgan fingerprint density at radius 1 is 1.28 bits per heavy atom. The Balaban J connectivity index is 1.94. The highest BCUT2D eigenvalue weighted by molar-refractivity contribution is 8.00. The maximum absolute atomic E-state index is 13.0. The molecule has 29 heavy (non-hydrogen) atoms. The molecule has 0 unspecified atom stereocenters. The van der Waals surface area contributed by atoms with Crippen LogP contribution in [-0.2, 0) is 21.5 Å². The molecule has 0 bridgehead atoms. The van der Waals surface area contributed by atoms with Crippen LogP contribution in [0.1, 0.15) is 18.4 Å². The number of nitrogens with zero attached hydrogens (tertiary/aromatic N) is 3. The lowest BCUT2D eigenvalue weighted by Crippen LogP contribution is -2.39. The molecule has 0 aliphatic rings. The number of hydrogen-bond donors (Lipinski definition) is 1. The van der Waals surface area contributed by atoms with E-state index in [4.69, 9.17) is 4.42 Å². The van der Waals surface area contributed by atoms with Crippen LogP contribution in [0.4, 0.5) is 18.9 Å². The predicted molar refractivity (Wildman–Crippen MR) is 105 cm³/mol. The molecule has 1 aromatic carbocycles. The molecule has 2 aromatic rings. The second-order valence-corrected chi connectivity index (χ2v) is 8.10. The molecule has 0 saturated carbocycles. The fourth-order valence-electron chi connectivity index (χ4n) is 2.30. The zero-order valence-corrected chi connectivity index (χ0v) is 17.5. The summed E-state index contributed by atoms with van der Waals surface area (Å²) in [7, 11) is 1.39. The average molecular weight is 448 g/mol. The van der Waals surface area contributed by atoms with Gasteiger partial charge in [0.15, 0.2) is 0 Å². The minimum Gasteiger partial charge on any atom is -0.415 e. The molecule has 158 valence electrons. The molecule has 2 amide bonds. The molecule has 0 spiro atoms. The summed E-state index contributed by atoms with van der Waals surface area (Å²) in [5.74, 6) is -0.153. The average Bonchev–Trinajstić information content (AvgIpc) is 3.07. The summed E-state index contributed by atoms with van der Waals surface area (Å²) in [5, 5.41) is 9.50. The molecule has 0 radical (unpaired) electrons. The summed E-state index contributed by atoms with van der Waals surface area (Å²) in [5.41, 5.74) is -1.32. The van der Waals surface area contributed by atoms with Crippen molar-refractivity contribution in [1.82, 2.24) is 15.1 Å². The number of anilines is 1. The number of benzene rings is 1. The van der Waals surface area contributed by atoms with Gasteiger partial charge in [0.25, 0.3) is 5.22 Å². The SMILES string of the molecule is CSCc1nnc(S[C@H](C)C(=O)N(C)CC(=O)Nc2ccccc2C(F)(F)F)o1. The smallest absolute Gasteiger partial charge is 0.415 e. The highest BCUT2D eigenvalue weighted by Crippen LogP contribution is 2.34. The Morgan fingerprint density at radius 3 is 2.62 bits per heavy atom. The fraction of sp³-hybridized carbons (Fsp3) is 0.412. The molecule has 0 saturated heterocycles. The number of amides is 2. The Bertz CT molecular complexity index is 860. The Hall–Kier alpha value is -2.21. The van der Waals surface area contributed by atoms with Gasteiger partial charge in [0, 0.05) is 7.05 Å². The topological polar surface area (TPSA) is 88.3 Å². The van der Waals surface area contributed by atoms with Gasteiger partial charge < -0.3 is 14.6 Å². The first-order chi connectivity index (χ1) is 13.6. The van der Waals surface area contributed by atoms with E-state index in [2.05, 4.69) is 15.5 Å². The monoisotopic (exact) mass is 448 g/mol. The van der Waals surface area contributed by atoms with Gasteiger partial charge in [-0.3, -0.25) is 9.59 Å². The number of likely N-dealkylation sites (N-methyl/N-ethyl adjacent to an activating group) is 1. The van der Waals surface area contributed by atoms with Gasteiger partial charge in [0.05, 0.1) is 28.8 Å². The van der Waals surface area contributed by atoms with Crippen molar-refractivity contribution < 1.29 is 27.2 Å². The van der Waals surface area contributed by atoms with Crippen LogP contribution >= 0.6 is 23.5 Å². The normalized spacial score (nSPS) is 12.5. The van der Waals surface area contributed by atoms with E-state index in [-0.39, 0.29) is 10.9 Å². The zero-order chi connectivity index (χ0) is 21.6. The van der Waals surface area contributed by atoms with Crippen LogP contribution < -0.4 is 5.32 Å². The summed E-state index contributed by atoms with van der Waals surface area (Å²) in [6, 6.07) is 4.64. The van der Waals surface area contributed by atoms with Crippen LogP contribution in [0.5, 0.6) is 0 Å². The first kappa shape index (κ1) is 23.1. The van der Waals surface area contributed by atoms with E-state index < -0.39 is 35.3 Å². The first-order valence-corrected chi connectivity index (χ1v) is 10.6. The van der Waals surface area contributed by atoms with Gasteiger partial charge >= 0.3 is 6.18 Å². The molecule has 1 atom stereocenters. The molecule has 12 heteroatoms. The van der Waals surface area contributed by atoms with Crippen molar-refractivity contribution in [3.05, 3.63) is 35.7 Å². The van der Waals surface area contributed by atoms with Crippen LogP contribution in [0.2, 0.25) is 0 Å². The Morgan fingerprint density at radius 2 is 1.97 bits per heavy atom. The van der Waals surface area contributed by atoms with Gasteiger partial charge in [-0.25, -0.2) is 0 Å². The van der Waals surface area contributed by atoms with E-state index in [0.29, 0.717) is 11.6 Å². The maximum atomic E-state index is 13.0. The van der Waals surface area contributed by atoms with Crippen molar-refractivity contribution in [2.75, 3.05) is 25.2 Å². The summed E-state index contributed by atoms with van der Waals surface area (Å²) in [6.45, 7) is 1.20. The van der Waals surface area contributed by atoms with E-state index in [9.17, 15) is 22.8 Å². The predicted octanol–water partition coefficient (Wildman–Crippen LogP) is 3.53. The van der Waals surface area contributed by atoms with E-state index in [1.54, 1.807) is 6.92 Å². The summed E-state index contributed by atoms with van der Waals surface area (Å²) in [6.07, 6.45) is -2.72. The number of para-hydroxylation sites is 1.